The molecule has 1 aliphatic rings. The number of nitrogens with one attached hydrogen (secondary N) is 2. The molecule has 0 aromatic carbocycles. The highest BCUT2D eigenvalue weighted by Crippen LogP contribution is 2.56. The largest absolute Gasteiger partial charge is 0.790 e. The summed E-state index contributed by atoms with van der Waals surface area (Å²) in [5.74, 6) is -1.31. The van der Waals surface area contributed by atoms with Gasteiger partial charge in [-0.2, -0.15) is 0 Å². The fourth-order valence-corrected chi connectivity index (χ4v) is 8.25. The highest BCUT2D eigenvalue weighted by molar-refractivity contribution is 8.14. The number of aliphatic hydroxyl groups excluding tert-OH is 2. The minimum Gasteiger partial charge on any atom is -0.790 e. The van der Waals surface area contributed by atoms with Gasteiger partial charge in [0.25, 0.3) is 15.6 Å². The molecule has 0 spiro atoms. The van der Waals surface area contributed by atoms with Crippen molar-refractivity contribution in [2.24, 2.45) is 5.41 Å². The number of aromatic nitrogens is 5. The lowest BCUT2D eigenvalue weighted by molar-refractivity contribution is -0.347. The number of nitrogens with zero attached hydrogens (tertiary/aromatic N) is 5. The Kier molecular flexibility index (Phi) is 15.4. The number of nitrogens with two attached hydrogens (primary N) is 1. The second-order valence-corrected chi connectivity index (χ2v) is 17.5. The summed E-state index contributed by atoms with van der Waals surface area (Å²) in [5, 5.41) is 26.0. The molecule has 310 valence electrons. The van der Waals surface area contributed by atoms with Crippen LogP contribution in [-0.2, 0) is 45.9 Å². The molecule has 29 heteroatoms. The number of rotatable bonds is 20. The van der Waals surface area contributed by atoms with E-state index in [0.29, 0.717) is 5.56 Å². The molecule has 0 bridgehead atoms. The lowest BCUT2D eigenvalue weighted by Gasteiger charge is -2.36. The van der Waals surface area contributed by atoms with Gasteiger partial charge >= 0.3 is 0 Å². The number of phosphoric ester groups is 3. The van der Waals surface area contributed by atoms with Gasteiger partial charge in [-0.1, -0.05) is 25.6 Å². The molecule has 2 unspecified atom stereocenters. The number of hydrogen-bond acceptors (Lipinski definition) is 23. The maximum Gasteiger partial charge on any atom is 0.274 e. The molecule has 0 aliphatic carbocycles. The van der Waals surface area contributed by atoms with Crippen molar-refractivity contribution < 1.29 is 80.5 Å². The van der Waals surface area contributed by atoms with Crippen molar-refractivity contribution in [2.75, 3.05) is 37.8 Å². The Morgan fingerprint density at radius 3 is 2.41 bits per heavy atom. The van der Waals surface area contributed by atoms with E-state index in [9.17, 15) is 57.9 Å². The Morgan fingerprint density at radius 2 is 1.73 bits per heavy atom. The van der Waals surface area contributed by atoms with Gasteiger partial charge in [0.1, 0.15) is 36.3 Å². The molecule has 6 N–H and O–H groups in total. The summed E-state index contributed by atoms with van der Waals surface area (Å²) >= 11 is 0.984. The zero-order chi connectivity index (χ0) is 41.5. The summed E-state index contributed by atoms with van der Waals surface area (Å²) in [6, 6.07) is 3.10. The maximum atomic E-state index is 12.5. The number of carbonyl (C=O) groups is 3. The number of hydrogen-bond donors (Lipinski definition) is 5. The number of phosphoric acid groups is 3. The van der Waals surface area contributed by atoms with E-state index in [-0.39, 0.29) is 47.4 Å². The van der Waals surface area contributed by atoms with Crippen LogP contribution in [0.15, 0.2) is 37.2 Å². The summed E-state index contributed by atoms with van der Waals surface area (Å²) < 4.78 is 60.5. The summed E-state index contributed by atoms with van der Waals surface area (Å²) in [7, 11) is -17.6. The predicted molar refractivity (Wildman–Crippen MR) is 182 cm³/mol. The third-order valence-electron chi connectivity index (χ3n) is 7.63. The zero-order valence-electron chi connectivity index (χ0n) is 29.2. The van der Waals surface area contributed by atoms with Gasteiger partial charge in [-0.25, -0.2) is 19.3 Å². The number of carbonyl (C=O) groups excluding carboxylic acids is 3. The van der Waals surface area contributed by atoms with Crippen molar-refractivity contribution in [3.63, 3.8) is 0 Å². The van der Waals surface area contributed by atoms with Crippen LogP contribution >= 0.6 is 35.2 Å². The number of nitrogen functional groups attached to an aromatic ring is 1. The van der Waals surface area contributed by atoms with Crippen LogP contribution in [0.5, 0.6) is 0 Å². The molecule has 2 amide bonds. The first-order valence-corrected chi connectivity index (χ1v) is 21.3. The summed E-state index contributed by atoms with van der Waals surface area (Å²) in [4.78, 5) is 99.9. The van der Waals surface area contributed by atoms with Gasteiger partial charge in [-0.05, 0) is 12.1 Å². The molecule has 1 fully saturated rings. The molecule has 4 heterocycles. The van der Waals surface area contributed by atoms with Crippen LogP contribution in [0.25, 0.3) is 11.2 Å². The Morgan fingerprint density at radius 1 is 1.05 bits per heavy atom. The van der Waals surface area contributed by atoms with Crippen molar-refractivity contribution in [3.8, 4) is 0 Å². The van der Waals surface area contributed by atoms with Gasteiger partial charge in [-0.15, -0.1) is 0 Å². The van der Waals surface area contributed by atoms with Gasteiger partial charge in [0.15, 0.2) is 17.7 Å². The van der Waals surface area contributed by atoms with Crippen molar-refractivity contribution in [3.05, 3.63) is 42.7 Å². The van der Waals surface area contributed by atoms with E-state index in [0.717, 1.165) is 29.0 Å². The Balaban J connectivity index is 1.23. The first kappa shape index (κ1) is 45.4. The molecular weight excluding hydrogens is 833 g/mol. The number of ether oxygens (including phenoxy) is 1. The normalized spacial score (nSPS) is 21.6. The van der Waals surface area contributed by atoms with Crippen LogP contribution in [0, 0.1) is 5.41 Å². The number of anilines is 1. The third kappa shape index (κ3) is 12.9. The molecule has 56 heavy (non-hydrogen) atoms. The molecule has 7 atom stereocenters. The van der Waals surface area contributed by atoms with E-state index in [2.05, 4.69) is 48.5 Å². The second-order valence-electron chi connectivity index (χ2n) is 12.4. The number of pyridine rings is 1. The third-order valence-corrected chi connectivity index (χ3v) is 11.5. The molecule has 4 rings (SSSR count). The number of imidazole rings is 1. The second kappa shape index (κ2) is 19.0. The van der Waals surface area contributed by atoms with Crippen LogP contribution in [-0.4, -0.2) is 108 Å². The quantitative estimate of drug-likeness (QED) is 0.0553. The van der Waals surface area contributed by atoms with E-state index in [4.69, 9.17) is 10.5 Å². The molecule has 0 radical (unpaired) electrons. The van der Waals surface area contributed by atoms with Crippen LogP contribution in [0.1, 0.15) is 36.9 Å². The minimum atomic E-state index is -5.92. The van der Waals surface area contributed by atoms with Gasteiger partial charge in [0.2, 0.25) is 16.9 Å². The number of amides is 2. The lowest BCUT2D eigenvalue weighted by Crippen LogP contribution is -2.46. The molecule has 25 nitrogen and oxygen atoms in total. The molecule has 1 saturated heterocycles. The fraction of sp³-hybridized carbons (Fsp3) is 0.519. The van der Waals surface area contributed by atoms with Crippen LogP contribution in [0.4, 0.5) is 5.82 Å². The number of fused-ring (bicyclic) bond motifs is 1. The van der Waals surface area contributed by atoms with Crippen LogP contribution in [0.2, 0.25) is 0 Å². The van der Waals surface area contributed by atoms with E-state index in [1.807, 2.05) is 0 Å². The zero-order valence-corrected chi connectivity index (χ0v) is 32.7. The van der Waals surface area contributed by atoms with E-state index in [1.54, 1.807) is 12.1 Å². The van der Waals surface area contributed by atoms with E-state index < -0.39 is 84.6 Å². The SMILES string of the molecule is CC(C)(COP(=O)([O-])OP(=O)([O-])OC[C@H]1O[C@@H](n2cnc3c(N)ncnc32)[C@H](O)[C@@H]1OP(=O)([O-])[O-])[C@@H](O)C(=O)NCCC(=O)NCCSC(=O)c1ccncc1. The van der Waals surface area contributed by atoms with Gasteiger partial charge < -0.3 is 69.0 Å². The standard InChI is InChI=1S/C27H39N8O17P3S/c1-27(2,21(38)24(39)31-8-5-17(36)30-9-10-56-26(40)15-3-6-29-7-4-15)12-49-55(46,47)52-54(44,45)48-11-16-20(51-53(41,42)43)19(37)25(50-16)35-14-34-18-22(28)32-13-33-23(18)35/h3-4,6-7,13-14,16,19-21,25,37-38H,5,8-12H2,1-2H3,(H,30,36)(H,31,39)(H,44,45)(H,46,47)(H2,28,32,33)(H2,41,42,43)/p-4/t16-,19-,20-,21+,25-/m1/s1. The first-order valence-electron chi connectivity index (χ1n) is 16.0. The molecule has 0 saturated carbocycles. The van der Waals surface area contributed by atoms with Crippen LogP contribution < -0.4 is 35.9 Å². The first-order chi connectivity index (χ1) is 26.1. The van der Waals surface area contributed by atoms with Crippen molar-refractivity contribution >= 4 is 69.1 Å². The molecular formula is C27H35N8O17P3S-4. The number of thioether (sulfide) groups is 1. The predicted octanol–water partition coefficient (Wildman–Crippen LogP) is -3.15. The van der Waals surface area contributed by atoms with Crippen molar-refractivity contribution in [2.45, 2.75) is 50.9 Å². The van der Waals surface area contributed by atoms with E-state index >= 15 is 0 Å². The molecule has 3 aromatic heterocycles. The maximum absolute atomic E-state index is 12.5. The van der Waals surface area contributed by atoms with Crippen molar-refractivity contribution in [1.82, 2.24) is 35.1 Å². The average Bonchev–Trinajstić information content (AvgIpc) is 3.68. The fourth-order valence-electron chi connectivity index (χ4n) is 4.82. The highest BCUT2D eigenvalue weighted by Gasteiger charge is 2.47. The topological polar surface area (TPSA) is 388 Å². The Hall–Kier alpha value is -3.29. The molecule has 3 aromatic rings. The summed E-state index contributed by atoms with van der Waals surface area (Å²) in [6.45, 7) is 0.0139. The average molecular weight is 869 g/mol. The Labute approximate surface area is 321 Å². The molecule has 1 aliphatic heterocycles. The Bertz CT molecular complexity index is 2010. The smallest absolute Gasteiger partial charge is 0.274 e. The van der Waals surface area contributed by atoms with Gasteiger partial charge in [0, 0.05) is 48.6 Å². The highest BCUT2D eigenvalue weighted by atomic mass is 32.2. The summed E-state index contributed by atoms with van der Waals surface area (Å²) in [5.41, 5.74) is 4.50. The van der Waals surface area contributed by atoms with Gasteiger partial charge in [-0.3, -0.25) is 33.1 Å². The summed E-state index contributed by atoms with van der Waals surface area (Å²) in [6.07, 6.45) is -4.69. The minimum absolute atomic E-state index is 0.0239. The lowest BCUT2D eigenvalue weighted by atomic mass is 9.87. The van der Waals surface area contributed by atoms with Crippen molar-refractivity contribution in [1.29, 1.82) is 0 Å². The van der Waals surface area contributed by atoms with E-state index in [1.165, 1.54) is 26.2 Å². The van der Waals surface area contributed by atoms with Gasteiger partial charge in [0.05, 0.1) is 27.4 Å². The number of aliphatic hydroxyl groups is 2. The monoisotopic (exact) mass is 868 g/mol. The van der Waals surface area contributed by atoms with Crippen LogP contribution in [0.3, 0.4) is 0 Å².